The van der Waals surface area contributed by atoms with Crippen LogP contribution in [0.25, 0.3) is 5.69 Å². The van der Waals surface area contributed by atoms with E-state index in [4.69, 9.17) is 0 Å². The van der Waals surface area contributed by atoms with Crippen molar-refractivity contribution in [2.75, 3.05) is 0 Å². The van der Waals surface area contributed by atoms with E-state index in [-0.39, 0.29) is 5.78 Å². The van der Waals surface area contributed by atoms with Crippen LogP contribution in [0.3, 0.4) is 0 Å². The van der Waals surface area contributed by atoms with Crippen molar-refractivity contribution in [3.8, 4) is 5.69 Å². The third-order valence-corrected chi connectivity index (χ3v) is 3.82. The van der Waals surface area contributed by atoms with Crippen molar-refractivity contribution in [1.82, 2.24) is 9.55 Å². The number of aryl methyl sites for hydroxylation is 1. The molecule has 2 aromatic rings. The molecule has 0 fully saturated rings. The molecule has 0 unspecified atom stereocenters. The van der Waals surface area contributed by atoms with Gasteiger partial charge in [0, 0.05) is 23.4 Å². The maximum Gasteiger partial charge on any atom is 0.162 e. The number of nitrogens with zero attached hydrogens (tertiary/aromatic N) is 2. The number of rotatable bonds is 3. The standard InChI is InChI=1S/C16H18N2O/c1-2-16(19)12-7-9-13(10-8-12)18-11-17-14-5-3-4-6-15(14)18/h7-11H,2-6H2,1H3. The van der Waals surface area contributed by atoms with Gasteiger partial charge in [0.25, 0.3) is 0 Å². The quantitative estimate of drug-likeness (QED) is 0.787. The summed E-state index contributed by atoms with van der Waals surface area (Å²) in [6, 6.07) is 7.85. The van der Waals surface area contributed by atoms with E-state index in [2.05, 4.69) is 9.55 Å². The second-order valence-electron chi connectivity index (χ2n) is 5.04. The van der Waals surface area contributed by atoms with E-state index in [1.54, 1.807) is 0 Å². The molecular weight excluding hydrogens is 236 g/mol. The first-order chi connectivity index (χ1) is 9.29. The largest absolute Gasteiger partial charge is 0.303 e. The number of Topliss-reactive ketones (excluding diaryl/α,β-unsaturated/α-hetero) is 1. The zero-order chi connectivity index (χ0) is 13.2. The van der Waals surface area contributed by atoms with Crippen LogP contribution < -0.4 is 0 Å². The lowest BCUT2D eigenvalue weighted by Crippen LogP contribution is -2.07. The van der Waals surface area contributed by atoms with Crippen molar-refractivity contribution < 1.29 is 4.79 Å². The third-order valence-electron chi connectivity index (χ3n) is 3.82. The van der Waals surface area contributed by atoms with Crippen molar-refractivity contribution >= 4 is 5.78 Å². The lowest BCUT2D eigenvalue weighted by molar-refractivity contribution is 0.0988. The summed E-state index contributed by atoms with van der Waals surface area (Å²) >= 11 is 0. The van der Waals surface area contributed by atoms with Crippen molar-refractivity contribution in [1.29, 1.82) is 0 Å². The summed E-state index contributed by atoms with van der Waals surface area (Å²) in [4.78, 5) is 16.1. The molecule has 19 heavy (non-hydrogen) atoms. The topological polar surface area (TPSA) is 34.9 Å². The van der Waals surface area contributed by atoms with Crippen LogP contribution in [-0.4, -0.2) is 15.3 Å². The number of fused-ring (bicyclic) bond motifs is 1. The number of benzene rings is 1. The summed E-state index contributed by atoms with van der Waals surface area (Å²) in [5, 5.41) is 0. The maximum absolute atomic E-state index is 11.6. The molecule has 1 aromatic carbocycles. The molecule has 98 valence electrons. The van der Waals surface area contributed by atoms with Gasteiger partial charge in [-0.3, -0.25) is 4.79 Å². The number of carbonyl (C=O) groups is 1. The molecule has 1 aliphatic carbocycles. The summed E-state index contributed by atoms with van der Waals surface area (Å²) in [5.41, 5.74) is 4.46. The predicted molar refractivity (Wildman–Crippen MR) is 74.8 cm³/mol. The van der Waals surface area contributed by atoms with Crippen molar-refractivity contribution in [3.63, 3.8) is 0 Å². The summed E-state index contributed by atoms with van der Waals surface area (Å²) < 4.78 is 2.16. The van der Waals surface area contributed by atoms with Gasteiger partial charge < -0.3 is 4.57 Å². The fourth-order valence-electron chi connectivity index (χ4n) is 2.70. The van der Waals surface area contributed by atoms with E-state index >= 15 is 0 Å². The number of ketones is 1. The number of imidazole rings is 1. The van der Waals surface area contributed by atoms with Crippen LogP contribution >= 0.6 is 0 Å². The highest BCUT2D eigenvalue weighted by molar-refractivity contribution is 5.95. The molecule has 0 saturated heterocycles. The zero-order valence-electron chi connectivity index (χ0n) is 11.2. The Kier molecular flexibility index (Phi) is 3.20. The summed E-state index contributed by atoms with van der Waals surface area (Å²) in [5.74, 6) is 0.194. The fourth-order valence-corrected chi connectivity index (χ4v) is 2.70. The minimum absolute atomic E-state index is 0.194. The van der Waals surface area contributed by atoms with Crippen molar-refractivity contribution in [2.45, 2.75) is 39.0 Å². The molecule has 0 atom stereocenters. The highest BCUT2D eigenvalue weighted by Crippen LogP contribution is 2.23. The Bertz CT molecular complexity index is 596. The minimum atomic E-state index is 0.194. The van der Waals surface area contributed by atoms with E-state index in [1.807, 2.05) is 37.5 Å². The zero-order valence-corrected chi connectivity index (χ0v) is 11.2. The molecule has 3 nitrogen and oxygen atoms in total. The van der Waals surface area contributed by atoms with Crippen molar-refractivity contribution in [2.24, 2.45) is 0 Å². The molecule has 0 spiro atoms. The first-order valence-corrected chi connectivity index (χ1v) is 6.98. The normalized spacial score (nSPS) is 14.2. The van der Waals surface area contributed by atoms with Gasteiger partial charge in [0.15, 0.2) is 5.78 Å². The molecule has 0 bridgehead atoms. The first kappa shape index (κ1) is 12.2. The minimum Gasteiger partial charge on any atom is -0.303 e. The van der Waals surface area contributed by atoms with E-state index in [9.17, 15) is 4.79 Å². The van der Waals surface area contributed by atoms with Gasteiger partial charge >= 0.3 is 0 Å². The summed E-state index contributed by atoms with van der Waals surface area (Å²) in [6.07, 6.45) is 7.14. The monoisotopic (exact) mass is 254 g/mol. The van der Waals surface area contributed by atoms with E-state index in [0.717, 1.165) is 24.1 Å². The van der Waals surface area contributed by atoms with E-state index in [0.29, 0.717) is 6.42 Å². The fraction of sp³-hybridized carbons (Fsp3) is 0.375. The second kappa shape index (κ2) is 5.00. The molecule has 0 saturated carbocycles. The second-order valence-corrected chi connectivity index (χ2v) is 5.04. The lowest BCUT2D eigenvalue weighted by Gasteiger charge is -2.14. The van der Waals surface area contributed by atoms with Crippen LogP contribution in [0.15, 0.2) is 30.6 Å². The molecule has 1 aliphatic rings. The Labute approximate surface area is 113 Å². The molecular formula is C16H18N2O. The highest BCUT2D eigenvalue weighted by atomic mass is 16.1. The van der Waals surface area contributed by atoms with Crippen LogP contribution in [0.1, 0.15) is 47.9 Å². The van der Waals surface area contributed by atoms with Gasteiger partial charge in [0.05, 0.1) is 12.0 Å². The SMILES string of the molecule is CCC(=O)c1ccc(-n2cnc3c2CCCC3)cc1. The lowest BCUT2D eigenvalue weighted by atomic mass is 10.0. The Morgan fingerprint density at radius 1 is 1.21 bits per heavy atom. The summed E-state index contributed by atoms with van der Waals surface area (Å²) in [6.45, 7) is 1.89. The van der Waals surface area contributed by atoms with Crippen molar-refractivity contribution in [3.05, 3.63) is 47.5 Å². The van der Waals surface area contributed by atoms with Crippen LogP contribution in [0, 0.1) is 0 Å². The number of hydrogen-bond acceptors (Lipinski definition) is 2. The van der Waals surface area contributed by atoms with E-state index in [1.165, 1.54) is 24.2 Å². The Balaban J connectivity index is 1.94. The first-order valence-electron chi connectivity index (χ1n) is 6.98. The number of carbonyl (C=O) groups excluding carboxylic acids is 1. The van der Waals surface area contributed by atoms with Crippen LogP contribution in [0.4, 0.5) is 0 Å². The summed E-state index contributed by atoms with van der Waals surface area (Å²) in [7, 11) is 0. The molecule has 0 aliphatic heterocycles. The van der Waals surface area contributed by atoms with Gasteiger partial charge in [-0.05, 0) is 49.9 Å². The molecule has 3 rings (SSSR count). The number of hydrogen-bond donors (Lipinski definition) is 0. The molecule has 0 radical (unpaired) electrons. The average Bonchev–Trinajstić information content (AvgIpc) is 2.90. The van der Waals surface area contributed by atoms with Gasteiger partial charge in [-0.25, -0.2) is 4.98 Å². The molecule has 1 aromatic heterocycles. The number of aromatic nitrogens is 2. The Morgan fingerprint density at radius 3 is 2.68 bits per heavy atom. The van der Waals surface area contributed by atoms with Gasteiger partial charge in [-0.15, -0.1) is 0 Å². The van der Waals surface area contributed by atoms with Crippen LogP contribution in [0.2, 0.25) is 0 Å². The van der Waals surface area contributed by atoms with Crippen LogP contribution in [-0.2, 0) is 12.8 Å². The van der Waals surface area contributed by atoms with E-state index < -0.39 is 0 Å². The highest BCUT2D eigenvalue weighted by Gasteiger charge is 2.16. The smallest absolute Gasteiger partial charge is 0.162 e. The third kappa shape index (κ3) is 2.21. The maximum atomic E-state index is 11.6. The molecule has 0 amide bonds. The van der Waals surface area contributed by atoms with Gasteiger partial charge in [0.1, 0.15) is 0 Å². The Morgan fingerprint density at radius 2 is 1.95 bits per heavy atom. The van der Waals surface area contributed by atoms with Crippen LogP contribution in [0.5, 0.6) is 0 Å². The molecule has 0 N–H and O–H groups in total. The van der Waals surface area contributed by atoms with Gasteiger partial charge in [0.2, 0.25) is 0 Å². The predicted octanol–water partition coefficient (Wildman–Crippen LogP) is 3.34. The van der Waals surface area contributed by atoms with Gasteiger partial charge in [-0.2, -0.15) is 0 Å². The molecule has 3 heteroatoms. The average molecular weight is 254 g/mol. The van der Waals surface area contributed by atoms with Gasteiger partial charge in [-0.1, -0.05) is 6.92 Å². The Hall–Kier alpha value is -1.90. The molecule has 1 heterocycles.